The minimum atomic E-state index is -0.427. The Bertz CT molecular complexity index is 873. The van der Waals surface area contributed by atoms with Gasteiger partial charge in [0.05, 0.1) is 17.3 Å². The molecule has 0 N–H and O–H groups in total. The van der Waals surface area contributed by atoms with Gasteiger partial charge in [-0.3, -0.25) is 14.3 Å². The molecule has 0 bridgehead atoms. The van der Waals surface area contributed by atoms with Crippen LogP contribution in [0.2, 0.25) is 5.02 Å². The summed E-state index contributed by atoms with van der Waals surface area (Å²) in [5.74, 6) is 1.28. The smallest absolute Gasteiger partial charge is 0.341 e. The average Bonchev–Trinajstić information content (AvgIpc) is 3.20. The van der Waals surface area contributed by atoms with Crippen LogP contribution in [0, 0.1) is 5.92 Å². The second-order valence-corrected chi connectivity index (χ2v) is 7.72. The Morgan fingerprint density at radius 1 is 1.35 bits per heavy atom. The molecule has 0 saturated carbocycles. The number of pyridine rings is 1. The van der Waals surface area contributed by atoms with Crippen molar-refractivity contribution in [3.63, 3.8) is 0 Å². The van der Waals surface area contributed by atoms with Crippen molar-refractivity contribution >= 4 is 17.5 Å². The molecule has 7 nitrogen and oxygen atoms in total. The average molecular weight is 376 g/mol. The first-order valence-corrected chi connectivity index (χ1v) is 9.48. The molecule has 2 aliphatic heterocycles. The predicted octanol–water partition coefficient (Wildman–Crippen LogP) is 1.89. The summed E-state index contributed by atoms with van der Waals surface area (Å²) < 4.78 is 3.01. The number of amides is 1. The van der Waals surface area contributed by atoms with Crippen molar-refractivity contribution in [1.29, 1.82) is 0 Å². The number of carbonyl (C=O) groups excluding carboxylic acids is 1. The molecule has 1 amide bonds. The Labute approximate surface area is 156 Å². The third-order valence-electron chi connectivity index (χ3n) is 5.25. The van der Waals surface area contributed by atoms with Gasteiger partial charge in [0.1, 0.15) is 11.9 Å². The lowest BCUT2D eigenvalue weighted by atomic mass is 10.0. The molecule has 4 rings (SSSR count). The summed E-state index contributed by atoms with van der Waals surface area (Å²) >= 11 is 5.86. The summed E-state index contributed by atoms with van der Waals surface area (Å²) in [5.41, 5.74) is 0.477. The highest BCUT2D eigenvalue weighted by atomic mass is 35.5. The van der Waals surface area contributed by atoms with E-state index in [-0.39, 0.29) is 18.1 Å². The number of hydrogen-bond donors (Lipinski definition) is 0. The summed E-state index contributed by atoms with van der Waals surface area (Å²) in [6.07, 6.45) is 4.87. The molecule has 138 valence electrons. The molecule has 0 radical (unpaired) electrons. The van der Waals surface area contributed by atoms with E-state index >= 15 is 0 Å². The molecule has 1 fully saturated rings. The van der Waals surface area contributed by atoms with Crippen LogP contribution in [0.5, 0.6) is 0 Å². The molecule has 2 aromatic heterocycles. The highest BCUT2D eigenvalue weighted by Gasteiger charge is 2.35. The normalized spacial score (nSPS) is 22.5. The second-order valence-electron chi connectivity index (χ2n) is 7.28. The monoisotopic (exact) mass is 375 g/mol. The van der Waals surface area contributed by atoms with E-state index in [1.165, 1.54) is 4.68 Å². The van der Waals surface area contributed by atoms with Crippen LogP contribution in [0.15, 0.2) is 23.1 Å². The molecule has 2 aliphatic rings. The maximum Gasteiger partial charge on any atom is 0.347 e. The van der Waals surface area contributed by atoms with E-state index in [2.05, 4.69) is 17.0 Å². The van der Waals surface area contributed by atoms with Gasteiger partial charge in [-0.2, -0.15) is 5.10 Å². The van der Waals surface area contributed by atoms with Crippen molar-refractivity contribution in [1.82, 2.24) is 24.2 Å². The van der Waals surface area contributed by atoms with Crippen molar-refractivity contribution in [2.75, 3.05) is 13.1 Å². The fraction of sp³-hybridized carbons (Fsp3) is 0.556. The Balaban J connectivity index is 1.62. The predicted molar refractivity (Wildman–Crippen MR) is 97.2 cm³/mol. The van der Waals surface area contributed by atoms with Crippen LogP contribution in [0.4, 0.5) is 0 Å². The Kier molecular flexibility index (Phi) is 4.56. The summed E-state index contributed by atoms with van der Waals surface area (Å²) in [5, 5.41) is 5.02. The lowest BCUT2D eigenvalue weighted by Crippen LogP contribution is -2.41. The third kappa shape index (κ3) is 3.16. The fourth-order valence-corrected chi connectivity index (χ4v) is 3.98. The Morgan fingerprint density at radius 3 is 2.88 bits per heavy atom. The number of likely N-dealkylation sites (tertiary alicyclic amines) is 1. The molecule has 2 atom stereocenters. The molecule has 0 aromatic carbocycles. The summed E-state index contributed by atoms with van der Waals surface area (Å²) in [7, 11) is 0. The number of aromatic nitrogens is 4. The van der Waals surface area contributed by atoms with E-state index in [0.29, 0.717) is 28.9 Å². The van der Waals surface area contributed by atoms with Gasteiger partial charge in [0.15, 0.2) is 0 Å². The van der Waals surface area contributed by atoms with Gasteiger partial charge in [0, 0.05) is 25.7 Å². The zero-order chi connectivity index (χ0) is 18.3. The minimum Gasteiger partial charge on any atom is -0.341 e. The standard InChI is InChI=1S/C18H22ClN5O2/c1-12-7-8-22(10-12)17(25)15-3-2-4-16-21-23(18(26)24(15)16)11-14-6-5-13(19)9-20-14/h5-6,9,12,15H,2-4,7-8,10-11H2,1H3/t12-,15-/m0/s1. The van der Waals surface area contributed by atoms with E-state index < -0.39 is 6.04 Å². The molecule has 0 aliphatic carbocycles. The van der Waals surface area contributed by atoms with Crippen LogP contribution in [-0.2, 0) is 17.8 Å². The van der Waals surface area contributed by atoms with Crippen LogP contribution < -0.4 is 5.69 Å². The van der Waals surface area contributed by atoms with Gasteiger partial charge in [-0.25, -0.2) is 9.48 Å². The molecule has 0 unspecified atom stereocenters. The lowest BCUT2D eigenvalue weighted by Gasteiger charge is -2.27. The summed E-state index contributed by atoms with van der Waals surface area (Å²) in [6, 6.07) is 3.09. The van der Waals surface area contributed by atoms with Gasteiger partial charge < -0.3 is 4.90 Å². The van der Waals surface area contributed by atoms with Gasteiger partial charge in [0.25, 0.3) is 0 Å². The first-order chi connectivity index (χ1) is 12.5. The first kappa shape index (κ1) is 17.3. The van der Waals surface area contributed by atoms with E-state index in [4.69, 9.17) is 11.6 Å². The van der Waals surface area contributed by atoms with Crippen LogP contribution in [-0.4, -0.2) is 43.2 Å². The minimum absolute atomic E-state index is 0.0570. The number of nitrogens with zero attached hydrogens (tertiary/aromatic N) is 5. The SMILES string of the molecule is C[C@H]1CCN(C(=O)[C@@H]2CCCc3nn(Cc4ccc(Cl)cn4)c(=O)n32)C1. The number of carbonyl (C=O) groups is 1. The zero-order valence-electron chi connectivity index (χ0n) is 14.8. The van der Waals surface area contributed by atoms with Gasteiger partial charge in [-0.1, -0.05) is 18.5 Å². The first-order valence-electron chi connectivity index (χ1n) is 9.10. The maximum atomic E-state index is 13.0. The van der Waals surface area contributed by atoms with Crippen molar-refractivity contribution < 1.29 is 4.79 Å². The number of rotatable bonds is 3. The molecular weight excluding hydrogens is 354 g/mol. The number of halogens is 1. The molecule has 26 heavy (non-hydrogen) atoms. The largest absolute Gasteiger partial charge is 0.347 e. The molecule has 0 spiro atoms. The molecule has 1 saturated heterocycles. The molecular formula is C18H22ClN5O2. The van der Waals surface area contributed by atoms with Crippen molar-refractivity contribution in [3.8, 4) is 0 Å². The molecule has 2 aromatic rings. The fourth-order valence-electron chi connectivity index (χ4n) is 3.87. The van der Waals surface area contributed by atoms with E-state index in [1.54, 1.807) is 22.9 Å². The van der Waals surface area contributed by atoms with Crippen molar-refractivity contribution in [2.45, 2.75) is 45.2 Å². The number of hydrogen-bond acceptors (Lipinski definition) is 4. The number of fused-ring (bicyclic) bond motifs is 1. The molecule has 8 heteroatoms. The highest BCUT2D eigenvalue weighted by Crippen LogP contribution is 2.26. The van der Waals surface area contributed by atoms with E-state index in [1.807, 2.05) is 4.90 Å². The maximum absolute atomic E-state index is 13.0. The van der Waals surface area contributed by atoms with Gasteiger partial charge >= 0.3 is 5.69 Å². The van der Waals surface area contributed by atoms with Crippen LogP contribution >= 0.6 is 11.6 Å². The second kappa shape index (κ2) is 6.87. The van der Waals surface area contributed by atoms with Crippen molar-refractivity contribution in [3.05, 3.63) is 45.4 Å². The van der Waals surface area contributed by atoms with Gasteiger partial charge in [-0.05, 0) is 37.3 Å². The van der Waals surface area contributed by atoms with E-state index in [9.17, 15) is 9.59 Å². The lowest BCUT2D eigenvalue weighted by molar-refractivity contribution is -0.134. The van der Waals surface area contributed by atoms with Gasteiger partial charge in [0.2, 0.25) is 5.91 Å². The van der Waals surface area contributed by atoms with E-state index in [0.717, 1.165) is 32.4 Å². The summed E-state index contributed by atoms with van der Waals surface area (Å²) in [4.78, 5) is 32.0. The zero-order valence-corrected chi connectivity index (χ0v) is 15.5. The van der Waals surface area contributed by atoms with Crippen LogP contribution in [0.3, 0.4) is 0 Å². The molecule has 4 heterocycles. The van der Waals surface area contributed by atoms with Crippen molar-refractivity contribution in [2.24, 2.45) is 5.92 Å². The Hall–Kier alpha value is -2.15. The van der Waals surface area contributed by atoms with Crippen LogP contribution in [0.25, 0.3) is 0 Å². The third-order valence-corrected chi connectivity index (χ3v) is 5.48. The summed E-state index contributed by atoms with van der Waals surface area (Å²) in [6.45, 7) is 3.99. The highest BCUT2D eigenvalue weighted by molar-refractivity contribution is 6.30. The number of aryl methyl sites for hydroxylation is 1. The topological polar surface area (TPSA) is 73.0 Å². The quantitative estimate of drug-likeness (QED) is 0.821. The van der Waals surface area contributed by atoms with Gasteiger partial charge in [-0.15, -0.1) is 0 Å². The Morgan fingerprint density at radius 2 is 2.19 bits per heavy atom. The van der Waals surface area contributed by atoms with Crippen LogP contribution in [0.1, 0.15) is 43.7 Å².